The summed E-state index contributed by atoms with van der Waals surface area (Å²) in [5.74, 6) is -0.221. The average Bonchev–Trinajstić information content (AvgIpc) is 3.53. The van der Waals surface area contributed by atoms with Gasteiger partial charge in [0.25, 0.3) is 11.8 Å². The Balaban J connectivity index is 1.29. The van der Waals surface area contributed by atoms with E-state index in [-0.39, 0.29) is 11.8 Å². The van der Waals surface area contributed by atoms with Crippen LogP contribution in [0.15, 0.2) is 60.9 Å². The van der Waals surface area contributed by atoms with Crippen molar-refractivity contribution < 1.29 is 14.3 Å². The number of carbonyl (C=O) groups excluding carboxylic acids is 2. The molecule has 0 radical (unpaired) electrons. The molecule has 2 aliphatic rings. The number of aromatic nitrogens is 4. The van der Waals surface area contributed by atoms with E-state index in [4.69, 9.17) is 9.84 Å². The van der Waals surface area contributed by atoms with E-state index in [1.54, 1.807) is 16.0 Å². The lowest BCUT2D eigenvalue weighted by atomic mass is 10.0. The highest BCUT2D eigenvalue weighted by molar-refractivity contribution is 5.95. The van der Waals surface area contributed by atoms with Gasteiger partial charge in [0.15, 0.2) is 5.69 Å². The Bertz CT molecular complexity index is 1370. The lowest BCUT2D eigenvalue weighted by Crippen LogP contribution is -2.42. The molecule has 6 rings (SSSR count). The molecule has 36 heavy (non-hydrogen) atoms. The van der Waals surface area contributed by atoms with E-state index < -0.39 is 0 Å². The van der Waals surface area contributed by atoms with Gasteiger partial charge in [0.2, 0.25) is 0 Å². The van der Waals surface area contributed by atoms with Crippen LogP contribution in [0.4, 0.5) is 0 Å². The van der Waals surface area contributed by atoms with Gasteiger partial charge in [-0.15, -0.1) is 0 Å². The maximum Gasteiger partial charge on any atom is 0.274 e. The van der Waals surface area contributed by atoms with E-state index in [2.05, 4.69) is 17.1 Å². The van der Waals surface area contributed by atoms with Crippen molar-refractivity contribution in [1.29, 1.82) is 0 Å². The fourth-order valence-corrected chi connectivity index (χ4v) is 5.02. The van der Waals surface area contributed by atoms with Gasteiger partial charge in [0.1, 0.15) is 11.3 Å². The van der Waals surface area contributed by atoms with E-state index in [1.165, 1.54) is 5.56 Å². The predicted octanol–water partition coefficient (Wildman–Crippen LogP) is 2.44. The molecule has 0 saturated carbocycles. The zero-order valence-corrected chi connectivity index (χ0v) is 20.0. The number of fused-ring (bicyclic) bond motifs is 2. The summed E-state index contributed by atoms with van der Waals surface area (Å²) in [5.41, 5.74) is 4.71. The second-order valence-corrected chi connectivity index (χ2v) is 9.21. The summed E-state index contributed by atoms with van der Waals surface area (Å²) in [5, 5.41) is 4.81. The molecule has 9 heteroatoms. The Hall–Kier alpha value is -3.98. The van der Waals surface area contributed by atoms with Crippen LogP contribution in [0.5, 0.6) is 0 Å². The smallest absolute Gasteiger partial charge is 0.274 e. The summed E-state index contributed by atoms with van der Waals surface area (Å²) in [4.78, 5) is 35.0. The van der Waals surface area contributed by atoms with Gasteiger partial charge < -0.3 is 18.9 Å². The normalized spacial score (nSPS) is 15.8. The lowest BCUT2D eigenvalue weighted by molar-refractivity contribution is 0.0296. The molecule has 2 aliphatic heterocycles. The monoisotopic (exact) mass is 484 g/mol. The number of aryl methyl sites for hydroxylation is 2. The van der Waals surface area contributed by atoms with Gasteiger partial charge >= 0.3 is 0 Å². The molecule has 5 heterocycles. The van der Waals surface area contributed by atoms with Crippen molar-refractivity contribution in [2.24, 2.45) is 0 Å². The number of amides is 2. The van der Waals surface area contributed by atoms with Gasteiger partial charge in [-0.1, -0.05) is 36.4 Å². The molecule has 0 atom stereocenters. The molecular formula is C27H28N6O3. The molecule has 9 nitrogen and oxygen atoms in total. The minimum atomic E-state index is -0.133. The molecule has 2 amide bonds. The van der Waals surface area contributed by atoms with E-state index in [1.807, 2.05) is 51.7 Å². The second-order valence-electron chi connectivity index (χ2n) is 9.21. The number of ether oxygens (including phenoxy) is 1. The lowest BCUT2D eigenvalue weighted by Gasteiger charge is -2.29. The zero-order chi connectivity index (χ0) is 24.5. The SMILES string of the molecule is O=C(c1cn2ccccc2n1)N1CCc2c(c(C(=O)N3CCOCC3)nn2CCc2ccccc2)C1. The van der Waals surface area contributed by atoms with Crippen LogP contribution in [0, 0.1) is 0 Å². The molecule has 0 N–H and O–H groups in total. The molecular weight excluding hydrogens is 456 g/mol. The van der Waals surface area contributed by atoms with Crippen molar-refractivity contribution in [1.82, 2.24) is 29.0 Å². The first-order chi connectivity index (χ1) is 17.7. The molecule has 1 aromatic carbocycles. The van der Waals surface area contributed by atoms with Crippen LogP contribution in [0.1, 0.15) is 37.8 Å². The Labute approximate surface area is 208 Å². The third kappa shape index (κ3) is 4.26. The van der Waals surface area contributed by atoms with Gasteiger partial charge in [0, 0.05) is 56.3 Å². The number of hydrogen-bond donors (Lipinski definition) is 0. The second kappa shape index (κ2) is 9.58. The third-order valence-electron chi connectivity index (χ3n) is 6.96. The zero-order valence-electron chi connectivity index (χ0n) is 20.0. The molecule has 3 aromatic heterocycles. The maximum absolute atomic E-state index is 13.5. The van der Waals surface area contributed by atoms with Crippen molar-refractivity contribution in [3.8, 4) is 0 Å². The number of rotatable bonds is 5. The number of imidazole rings is 1. The Kier molecular flexibility index (Phi) is 5.98. The first-order valence-electron chi connectivity index (χ1n) is 12.4. The highest BCUT2D eigenvalue weighted by atomic mass is 16.5. The molecule has 0 bridgehead atoms. The average molecular weight is 485 g/mol. The van der Waals surface area contributed by atoms with Crippen molar-refractivity contribution in [2.45, 2.75) is 25.9 Å². The van der Waals surface area contributed by atoms with E-state index in [0.717, 1.165) is 23.3 Å². The van der Waals surface area contributed by atoms with Crippen molar-refractivity contribution in [2.75, 3.05) is 32.8 Å². The van der Waals surface area contributed by atoms with Crippen LogP contribution < -0.4 is 0 Å². The summed E-state index contributed by atoms with van der Waals surface area (Å²) in [6.45, 7) is 3.74. The molecule has 1 saturated heterocycles. The third-order valence-corrected chi connectivity index (χ3v) is 6.96. The van der Waals surface area contributed by atoms with Crippen LogP contribution in [0.25, 0.3) is 5.65 Å². The fraction of sp³-hybridized carbons (Fsp3) is 0.333. The molecule has 0 unspecified atom stereocenters. The molecule has 4 aromatic rings. The van der Waals surface area contributed by atoms with Crippen LogP contribution in [-0.2, 0) is 30.7 Å². The quantitative estimate of drug-likeness (QED) is 0.435. The predicted molar refractivity (Wildman–Crippen MR) is 133 cm³/mol. The van der Waals surface area contributed by atoms with Gasteiger partial charge in [-0.25, -0.2) is 4.98 Å². The highest BCUT2D eigenvalue weighted by Crippen LogP contribution is 2.26. The molecule has 184 valence electrons. The van der Waals surface area contributed by atoms with Gasteiger partial charge in [0.05, 0.1) is 19.8 Å². The van der Waals surface area contributed by atoms with Crippen molar-refractivity contribution in [3.05, 3.63) is 89.1 Å². The summed E-state index contributed by atoms with van der Waals surface area (Å²) in [6.07, 6.45) is 5.11. The first-order valence-corrected chi connectivity index (χ1v) is 12.4. The Morgan fingerprint density at radius 2 is 1.72 bits per heavy atom. The fourth-order valence-electron chi connectivity index (χ4n) is 5.02. The minimum absolute atomic E-state index is 0.0879. The van der Waals surface area contributed by atoms with E-state index in [9.17, 15) is 9.59 Å². The maximum atomic E-state index is 13.5. The summed E-state index contributed by atoms with van der Waals surface area (Å²) >= 11 is 0. The highest BCUT2D eigenvalue weighted by Gasteiger charge is 2.33. The van der Waals surface area contributed by atoms with Gasteiger partial charge in [-0.3, -0.25) is 14.3 Å². The minimum Gasteiger partial charge on any atom is -0.378 e. The largest absolute Gasteiger partial charge is 0.378 e. The summed E-state index contributed by atoms with van der Waals surface area (Å²) < 4.78 is 9.25. The van der Waals surface area contributed by atoms with Crippen molar-refractivity contribution in [3.63, 3.8) is 0 Å². The number of nitrogens with zero attached hydrogens (tertiary/aromatic N) is 6. The molecule has 0 aliphatic carbocycles. The van der Waals surface area contributed by atoms with Crippen molar-refractivity contribution >= 4 is 17.5 Å². The van der Waals surface area contributed by atoms with E-state index >= 15 is 0 Å². The number of benzene rings is 1. The Morgan fingerprint density at radius 3 is 2.53 bits per heavy atom. The summed E-state index contributed by atoms with van der Waals surface area (Å²) in [7, 11) is 0. The standard InChI is InChI=1S/C27H28N6O3/c34-26(22-19-31-11-5-4-8-24(31)28-22)32-12-10-23-21(18-32)25(27(35)30-14-16-36-17-15-30)29-33(23)13-9-20-6-2-1-3-7-20/h1-8,11,19H,9-10,12-18H2. The van der Waals surface area contributed by atoms with Crippen LogP contribution in [0.2, 0.25) is 0 Å². The first kappa shape index (κ1) is 22.5. The molecule has 0 spiro atoms. The summed E-state index contributed by atoms with van der Waals surface area (Å²) in [6, 6.07) is 16.0. The number of morpholine rings is 1. The van der Waals surface area contributed by atoms with Gasteiger partial charge in [-0.2, -0.15) is 5.10 Å². The topological polar surface area (TPSA) is 85.0 Å². The van der Waals surface area contributed by atoms with Crippen LogP contribution in [-0.4, -0.2) is 73.6 Å². The van der Waals surface area contributed by atoms with Gasteiger partial charge in [-0.05, 0) is 24.1 Å². The number of pyridine rings is 1. The Morgan fingerprint density at radius 1 is 0.917 bits per heavy atom. The number of carbonyl (C=O) groups is 2. The molecule has 1 fully saturated rings. The number of hydrogen-bond acceptors (Lipinski definition) is 5. The van der Waals surface area contributed by atoms with Crippen LogP contribution in [0.3, 0.4) is 0 Å². The van der Waals surface area contributed by atoms with E-state index in [0.29, 0.717) is 63.7 Å². The van der Waals surface area contributed by atoms with Crippen LogP contribution >= 0.6 is 0 Å².